The van der Waals surface area contributed by atoms with Crippen molar-refractivity contribution in [1.82, 2.24) is 10.4 Å². The summed E-state index contributed by atoms with van der Waals surface area (Å²) in [5.41, 5.74) is 5.22. The highest BCUT2D eigenvalue weighted by atomic mass is 35.5. The molecular formula is C32H24ClN3O7. The van der Waals surface area contributed by atoms with Crippen molar-refractivity contribution in [3.05, 3.63) is 101 Å². The minimum absolute atomic E-state index is 0.0956. The summed E-state index contributed by atoms with van der Waals surface area (Å²) in [6.45, 7) is 0.0956. The van der Waals surface area contributed by atoms with Crippen LogP contribution in [0.4, 0.5) is 0 Å². The molecule has 10 nitrogen and oxygen atoms in total. The standard InChI is InChI=1S/C32H24ClN3O7/c1-39-24-13-14-25(40-2)29-28(24)27(20-8-4-5-9-21(20)33)30(35-29)31(37)36-34-16-19-7-3-6-10-22(19)43-32(38)18-11-12-23-26(15-18)42-17-41-23/h3-16,35H,17H2,1-2H3,(H,36,37). The third kappa shape index (κ3) is 5.31. The van der Waals surface area contributed by atoms with Crippen molar-refractivity contribution in [2.24, 2.45) is 5.10 Å². The number of amides is 1. The van der Waals surface area contributed by atoms with E-state index in [-0.39, 0.29) is 18.2 Å². The first kappa shape index (κ1) is 27.7. The molecule has 0 saturated heterocycles. The van der Waals surface area contributed by atoms with Crippen molar-refractivity contribution in [3.63, 3.8) is 0 Å². The number of benzene rings is 4. The summed E-state index contributed by atoms with van der Waals surface area (Å²) in [5, 5.41) is 5.23. The topological polar surface area (TPSA) is 120 Å². The monoisotopic (exact) mass is 597 g/mol. The fourth-order valence-corrected chi connectivity index (χ4v) is 5.00. The number of para-hydroxylation sites is 1. The molecule has 1 aliphatic rings. The number of methoxy groups -OCH3 is 2. The van der Waals surface area contributed by atoms with Crippen LogP contribution in [-0.4, -0.2) is 44.1 Å². The molecule has 11 heteroatoms. The van der Waals surface area contributed by atoms with E-state index in [4.69, 9.17) is 35.3 Å². The zero-order valence-electron chi connectivity index (χ0n) is 23.0. The third-order valence-electron chi connectivity index (χ3n) is 6.79. The van der Waals surface area contributed by atoms with Crippen LogP contribution < -0.4 is 29.1 Å². The lowest BCUT2D eigenvalue weighted by molar-refractivity contribution is 0.0733. The Morgan fingerprint density at radius 1 is 0.907 bits per heavy atom. The highest BCUT2D eigenvalue weighted by Gasteiger charge is 2.25. The van der Waals surface area contributed by atoms with Crippen molar-refractivity contribution in [3.8, 4) is 39.9 Å². The van der Waals surface area contributed by atoms with Crippen LogP contribution in [0.25, 0.3) is 22.0 Å². The van der Waals surface area contributed by atoms with E-state index in [0.717, 1.165) is 0 Å². The van der Waals surface area contributed by atoms with Crippen molar-refractivity contribution < 1.29 is 33.3 Å². The molecule has 1 aromatic heterocycles. The molecule has 5 aromatic rings. The van der Waals surface area contributed by atoms with Gasteiger partial charge in [-0.3, -0.25) is 4.79 Å². The third-order valence-corrected chi connectivity index (χ3v) is 7.12. The van der Waals surface area contributed by atoms with Crippen LogP contribution in [0.3, 0.4) is 0 Å². The van der Waals surface area contributed by atoms with Crippen molar-refractivity contribution in [1.29, 1.82) is 0 Å². The Bertz CT molecular complexity index is 1900. The predicted molar refractivity (Wildman–Crippen MR) is 161 cm³/mol. The van der Waals surface area contributed by atoms with Gasteiger partial charge in [-0.25, -0.2) is 10.2 Å². The number of H-pyrrole nitrogens is 1. The molecule has 2 heterocycles. The molecule has 0 radical (unpaired) electrons. The Kier molecular flexibility index (Phi) is 7.59. The molecule has 0 aliphatic carbocycles. The molecule has 43 heavy (non-hydrogen) atoms. The SMILES string of the molecule is COc1ccc(OC)c2c(-c3ccccc3Cl)c(C(=O)NN=Cc3ccccc3OC(=O)c3ccc4c(c3)OCO4)[nH]c12. The number of hydrazone groups is 1. The van der Waals surface area contributed by atoms with E-state index in [1.807, 2.05) is 12.1 Å². The van der Waals surface area contributed by atoms with Gasteiger partial charge in [0.25, 0.3) is 5.91 Å². The quantitative estimate of drug-likeness (QED) is 0.0943. The fraction of sp³-hybridized carbons (Fsp3) is 0.0938. The van der Waals surface area contributed by atoms with Gasteiger partial charge >= 0.3 is 5.97 Å². The average molecular weight is 598 g/mol. The second kappa shape index (κ2) is 11.8. The second-order valence-corrected chi connectivity index (χ2v) is 9.68. The minimum Gasteiger partial charge on any atom is -0.496 e. The largest absolute Gasteiger partial charge is 0.496 e. The molecule has 2 N–H and O–H groups in total. The molecule has 6 rings (SSSR count). The number of halogens is 1. The van der Waals surface area contributed by atoms with E-state index >= 15 is 0 Å². The van der Waals surface area contributed by atoms with Crippen LogP contribution in [0.1, 0.15) is 26.4 Å². The van der Waals surface area contributed by atoms with E-state index in [9.17, 15) is 9.59 Å². The van der Waals surface area contributed by atoms with Gasteiger partial charge in [0.1, 0.15) is 22.9 Å². The average Bonchev–Trinajstić information content (AvgIpc) is 3.67. The van der Waals surface area contributed by atoms with E-state index in [2.05, 4.69) is 15.5 Å². The van der Waals surface area contributed by atoms with Crippen LogP contribution in [-0.2, 0) is 0 Å². The van der Waals surface area contributed by atoms with Gasteiger partial charge in [-0.2, -0.15) is 5.10 Å². The van der Waals surface area contributed by atoms with Gasteiger partial charge in [-0.05, 0) is 48.5 Å². The van der Waals surface area contributed by atoms with Crippen molar-refractivity contribution >= 4 is 40.6 Å². The number of hydrogen-bond acceptors (Lipinski definition) is 8. The van der Waals surface area contributed by atoms with E-state index < -0.39 is 11.9 Å². The molecule has 4 aromatic carbocycles. The number of aromatic nitrogens is 1. The summed E-state index contributed by atoms with van der Waals surface area (Å²) >= 11 is 6.58. The Morgan fingerprint density at radius 3 is 2.47 bits per heavy atom. The number of nitrogens with zero attached hydrogens (tertiary/aromatic N) is 1. The molecule has 216 valence electrons. The number of rotatable bonds is 8. The number of nitrogens with one attached hydrogen (secondary N) is 2. The Morgan fingerprint density at radius 2 is 1.65 bits per heavy atom. The molecule has 0 unspecified atom stereocenters. The van der Waals surface area contributed by atoms with Gasteiger partial charge in [-0.15, -0.1) is 0 Å². The number of carbonyl (C=O) groups excluding carboxylic acids is 2. The summed E-state index contributed by atoms with van der Waals surface area (Å²) in [6, 6.07) is 22.3. The van der Waals surface area contributed by atoms with Crippen molar-refractivity contribution in [2.75, 3.05) is 21.0 Å². The van der Waals surface area contributed by atoms with Crippen LogP contribution >= 0.6 is 11.6 Å². The van der Waals surface area contributed by atoms with Crippen molar-refractivity contribution in [2.45, 2.75) is 0 Å². The summed E-state index contributed by atoms with van der Waals surface area (Å²) < 4.78 is 27.4. The van der Waals surface area contributed by atoms with Gasteiger partial charge in [0.05, 0.1) is 36.9 Å². The number of carbonyl (C=O) groups is 2. The molecule has 1 amide bonds. The number of hydrogen-bond donors (Lipinski definition) is 2. The maximum atomic E-state index is 13.6. The maximum absolute atomic E-state index is 13.6. The Labute approximate surface area is 250 Å². The van der Waals surface area contributed by atoms with Gasteiger partial charge in [-0.1, -0.05) is 41.9 Å². The summed E-state index contributed by atoms with van der Waals surface area (Å²) in [7, 11) is 3.09. The molecule has 0 atom stereocenters. The van der Waals surface area contributed by atoms with Gasteiger partial charge in [0.15, 0.2) is 11.5 Å². The first-order valence-corrected chi connectivity index (χ1v) is 13.4. The van der Waals surface area contributed by atoms with E-state index in [1.54, 1.807) is 73.8 Å². The lowest BCUT2D eigenvalue weighted by atomic mass is 10.0. The maximum Gasteiger partial charge on any atom is 0.343 e. The minimum atomic E-state index is -0.589. The first-order chi connectivity index (χ1) is 21.0. The van der Waals surface area contributed by atoms with Crippen LogP contribution in [0.15, 0.2) is 84.0 Å². The number of aromatic amines is 1. The number of ether oxygens (including phenoxy) is 5. The van der Waals surface area contributed by atoms with Crippen LogP contribution in [0.5, 0.6) is 28.7 Å². The van der Waals surface area contributed by atoms with Gasteiger partial charge in [0.2, 0.25) is 6.79 Å². The molecule has 0 saturated carbocycles. The zero-order valence-corrected chi connectivity index (χ0v) is 23.7. The predicted octanol–water partition coefficient (Wildman–Crippen LogP) is 6.22. The number of esters is 1. The highest BCUT2D eigenvalue weighted by Crippen LogP contribution is 2.44. The Balaban J connectivity index is 1.29. The van der Waals surface area contributed by atoms with Gasteiger partial charge in [0, 0.05) is 21.7 Å². The normalized spacial score (nSPS) is 12.0. The Hall–Kier alpha value is -5.48. The molecule has 0 bridgehead atoms. The smallest absolute Gasteiger partial charge is 0.343 e. The number of fused-ring (bicyclic) bond motifs is 2. The van der Waals surface area contributed by atoms with Crippen LogP contribution in [0, 0.1) is 0 Å². The lowest BCUT2D eigenvalue weighted by Gasteiger charge is -2.10. The molecule has 0 fully saturated rings. The zero-order chi connectivity index (χ0) is 29.9. The fourth-order valence-electron chi connectivity index (χ4n) is 4.77. The molecular weight excluding hydrogens is 574 g/mol. The summed E-state index contributed by atoms with van der Waals surface area (Å²) in [6.07, 6.45) is 1.39. The van der Waals surface area contributed by atoms with Gasteiger partial charge < -0.3 is 28.7 Å². The lowest BCUT2D eigenvalue weighted by Crippen LogP contribution is -2.19. The summed E-state index contributed by atoms with van der Waals surface area (Å²) in [5.74, 6) is 1.20. The molecule has 1 aliphatic heterocycles. The molecule has 0 spiro atoms. The van der Waals surface area contributed by atoms with E-state index in [1.165, 1.54) is 13.3 Å². The van der Waals surface area contributed by atoms with E-state index in [0.29, 0.717) is 61.2 Å². The highest BCUT2D eigenvalue weighted by molar-refractivity contribution is 6.34. The first-order valence-electron chi connectivity index (χ1n) is 13.0. The van der Waals surface area contributed by atoms with Crippen LogP contribution in [0.2, 0.25) is 5.02 Å². The second-order valence-electron chi connectivity index (χ2n) is 9.27. The summed E-state index contributed by atoms with van der Waals surface area (Å²) in [4.78, 5) is 29.6.